The van der Waals surface area contributed by atoms with Gasteiger partial charge in [0.25, 0.3) is 0 Å². The maximum Gasteiger partial charge on any atom is 0.416 e. The van der Waals surface area contributed by atoms with Crippen molar-refractivity contribution in [2.75, 3.05) is 26.2 Å². The second-order valence-electron chi connectivity index (χ2n) is 8.72. The lowest BCUT2D eigenvalue weighted by Crippen LogP contribution is -2.53. The quantitative estimate of drug-likeness (QED) is 0.681. The average Bonchev–Trinajstić information content (AvgIpc) is 2.78. The Morgan fingerprint density at radius 1 is 0.968 bits per heavy atom. The summed E-state index contributed by atoms with van der Waals surface area (Å²) in [5.74, 6) is 0.399. The number of benzene rings is 2. The number of carbonyl (C=O) groups is 1. The summed E-state index contributed by atoms with van der Waals surface area (Å²) in [7, 11) is 0. The first-order valence-electron chi connectivity index (χ1n) is 10.8. The Hall–Kier alpha value is -2.54. The van der Waals surface area contributed by atoms with E-state index < -0.39 is 17.8 Å². The summed E-state index contributed by atoms with van der Waals surface area (Å²) in [5.41, 5.74) is 2.02. The van der Waals surface area contributed by atoms with E-state index in [0.29, 0.717) is 24.4 Å². The summed E-state index contributed by atoms with van der Waals surface area (Å²) in [6.07, 6.45) is -2.09. The van der Waals surface area contributed by atoms with E-state index in [1.165, 1.54) is 12.1 Å². The molecule has 6 rings (SSSR count). The third-order valence-electron chi connectivity index (χ3n) is 6.92. The van der Waals surface area contributed by atoms with Crippen molar-refractivity contribution in [2.24, 2.45) is 5.92 Å². The molecule has 31 heavy (non-hydrogen) atoms. The highest BCUT2D eigenvalue weighted by molar-refractivity contribution is 5.70. The van der Waals surface area contributed by atoms with E-state index in [2.05, 4.69) is 4.90 Å². The number of halogens is 3. The standard InChI is InChI=1S/C24H25F3N2O2/c25-24(26,27)19-7-5-18(6-8-19)22-20-4-2-1-3-16(20)11-14-29(22)23(30)31-21-15-28-12-9-17(21)10-13-28/h1-8,17,21-22H,9-15H2/t21-,22-/m1/s1. The number of hydrogen-bond acceptors (Lipinski definition) is 3. The summed E-state index contributed by atoms with van der Waals surface area (Å²) in [4.78, 5) is 17.3. The fourth-order valence-electron chi connectivity index (χ4n) is 5.22. The molecule has 0 aliphatic carbocycles. The van der Waals surface area contributed by atoms with Crippen LogP contribution in [0.3, 0.4) is 0 Å². The van der Waals surface area contributed by atoms with Crippen molar-refractivity contribution < 1.29 is 22.7 Å². The van der Waals surface area contributed by atoms with Crippen LogP contribution >= 0.6 is 0 Å². The minimum atomic E-state index is -4.39. The highest BCUT2D eigenvalue weighted by Gasteiger charge is 2.40. The minimum Gasteiger partial charge on any atom is -0.444 e. The Morgan fingerprint density at radius 2 is 1.68 bits per heavy atom. The molecule has 2 bridgehead atoms. The van der Waals surface area contributed by atoms with Crippen LogP contribution in [0.25, 0.3) is 0 Å². The fraction of sp³-hybridized carbons (Fsp3) is 0.458. The molecule has 0 radical (unpaired) electrons. The minimum absolute atomic E-state index is 0.111. The molecule has 2 aromatic rings. The van der Waals surface area contributed by atoms with Crippen molar-refractivity contribution in [1.82, 2.24) is 9.80 Å². The van der Waals surface area contributed by atoms with Crippen molar-refractivity contribution in [1.29, 1.82) is 0 Å². The SMILES string of the molecule is O=C(O[C@@H]1CN2CCC1CC2)N1CCc2ccccc2[C@H]1c1ccc(C(F)(F)F)cc1. The molecule has 0 N–H and O–H groups in total. The Balaban J connectivity index is 1.44. The Morgan fingerprint density at radius 3 is 2.32 bits per heavy atom. The number of nitrogens with zero attached hydrogens (tertiary/aromatic N) is 2. The van der Waals surface area contributed by atoms with Crippen molar-refractivity contribution >= 4 is 6.09 Å². The first kappa shape index (κ1) is 20.4. The number of amides is 1. The van der Waals surface area contributed by atoms with Crippen LogP contribution < -0.4 is 0 Å². The predicted octanol–water partition coefficient (Wildman–Crippen LogP) is 4.88. The summed E-state index contributed by atoms with van der Waals surface area (Å²) in [6.45, 7) is 3.36. The molecule has 0 spiro atoms. The summed E-state index contributed by atoms with van der Waals surface area (Å²) >= 11 is 0. The lowest BCUT2D eigenvalue weighted by Gasteiger charge is -2.45. The molecule has 7 heteroatoms. The Kier molecular flexibility index (Phi) is 5.16. The number of hydrogen-bond donors (Lipinski definition) is 0. The molecule has 0 unspecified atom stereocenters. The van der Waals surface area contributed by atoms with Crippen molar-refractivity contribution in [2.45, 2.75) is 37.6 Å². The van der Waals surface area contributed by atoms with Crippen LogP contribution in [-0.2, 0) is 17.3 Å². The maximum atomic E-state index is 13.3. The number of carbonyl (C=O) groups excluding carboxylic acids is 1. The van der Waals surface area contributed by atoms with Gasteiger partial charge in [-0.3, -0.25) is 9.80 Å². The molecular formula is C24H25F3N2O2. The average molecular weight is 430 g/mol. The van der Waals surface area contributed by atoms with Gasteiger partial charge >= 0.3 is 12.3 Å². The molecular weight excluding hydrogens is 405 g/mol. The molecule has 164 valence electrons. The van der Waals surface area contributed by atoms with E-state index in [-0.39, 0.29) is 12.2 Å². The van der Waals surface area contributed by atoms with Crippen LogP contribution in [0, 0.1) is 5.92 Å². The molecule has 0 saturated carbocycles. The van der Waals surface area contributed by atoms with Gasteiger partial charge in [0.2, 0.25) is 0 Å². The molecule has 4 aliphatic heterocycles. The third-order valence-corrected chi connectivity index (χ3v) is 6.92. The van der Waals surface area contributed by atoms with Crippen molar-refractivity contribution in [3.05, 3.63) is 70.8 Å². The van der Waals surface area contributed by atoms with E-state index in [4.69, 9.17) is 4.74 Å². The smallest absolute Gasteiger partial charge is 0.416 e. The third kappa shape index (κ3) is 3.91. The van der Waals surface area contributed by atoms with Gasteiger partial charge < -0.3 is 4.74 Å². The van der Waals surface area contributed by atoms with Crippen LogP contribution in [0.4, 0.5) is 18.0 Å². The second-order valence-corrected chi connectivity index (χ2v) is 8.72. The van der Waals surface area contributed by atoms with E-state index in [1.807, 2.05) is 24.3 Å². The first-order valence-corrected chi connectivity index (χ1v) is 10.8. The normalized spacial score (nSPS) is 27.6. The van der Waals surface area contributed by atoms with Crippen LogP contribution in [0.2, 0.25) is 0 Å². The van der Waals surface area contributed by atoms with E-state index in [9.17, 15) is 18.0 Å². The molecule has 2 aromatic carbocycles. The lowest BCUT2D eigenvalue weighted by atomic mass is 9.86. The van der Waals surface area contributed by atoms with Crippen LogP contribution in [0.15, 0.2) is 48.5 Å². The van der Waals surface area contributed by atoms with Gasteiger partial charge in [0, 0.05) is 13.1 Å². The van der Waals surface area contributed by atoms with Gasteiger partial charge in [-0.15, -0.1) is 0 Å². The zero-order chi connectivity index (χ0) is 21.6. The molecule has 0 aromatic heterocycles. The van der Waals surface area contributed by atoms with Gasteiger partial charge in [0.05, 0.1) is 11.6 Å². The number of fused-ring (bicyclic) bond motifs is 4. The molecule has 4 aliphatic rings. The number of ether oxygens (including phenoxy) is 1. The Bertz CT molecular complexity index is 952. The molecule has 3 saturated heterocycles. The zero-order valence-electron chi connectivity index (χ0n) is 17.1. The maximum absolute atomic E-state index is 13.3. The van der Waals surface area contributed by atoms with Gasteiger partial charge in [0.15, 0.2) is 0 Å². The van der Waals surface area contributed by atoms with E-state index in [0.717, 1.165) is 55.7 Å². The van der Waals surface area contributed by atoms with Crippen molar-refractivity contribution in [3.63, 3.8) is 0 Å². The van der Waals surface area contributed by atoms with Crippen LogP contribution in [0.5, 0.6) is 0 Å². The van der Waals surface area contributed by atoms with Gasteiger partial charge in [-0.05, 0) is 67.1 Å². The van der Waals surface area contributed by atoms with Gasteiger partial charge in [-0.1, -0.05) is 36.4 Å². The molecule has 1 amide bonds. The summed E-state index contributed by atoms with van der Waals surface area (Å²) < 4.78 is 45.1. The fourth-order valence-corrected chi connectivity index (χ4v) is 5.22. The number of rotatable bonds is 2. The van der Waals surface area contributed by atoms with Gasteiger partial charge in [-0.2, -0.15) is 13.2 Å². The second kappa shape index (κ2) is 7.86. The molecule has 4 nitrogen and oxygen atoms in total. The van der Waals surface area contributed by atoms with Crippen LogP contribution in [-0.4, -0.2) is 48.2 Å². The molecule has 3 fully saturated rings. The first-order chi connectivity index (χ1) is 14.9. The Labute approximate surface area is 179 Å². The topological polar surface area (TPSA) is 32.8 Å². The van der Waals surface area contributed by atoms with Gasteiger partial charge in [0.1, 0.15) is 6.10 Å². The monoisotopic (exact) mass is 430 g/mol. The highest BCUT2D eigenvalue weighted by atomic mass is 19.4. The van der Waals surface area contributed by atoms with Gasteiger partial charge in [-0.25, -0.2) is 4.79 Å². The van der Waals surface area contributed by atoms with E-state index in [1.54, 1.807) is 4.90 Å². The van der Waals surface area contributed by atoms with Crippen LogP contribution in [0.1, 0.15) is 41.1 Å². The summed E-state index contributed by atoms with van der Waals surface area (Å²) in [6, 6.07) is 12.5. The van der Waals surface area contributed by atoms with Crippen molar-refractivity contribution in [3.8, 4) is 0 Å². The number of piperidine rings is 3. The zero-order valence-corrected chi connectivity index (χ0v) is 17.1. The lowest BCUT2D eigenvalue weighted by molar-refractivity contribution is -0.137. The highest BCUT2D eigenvalue weighted by Crippen LogP contribution is 2.38. The largest absolute Gasteiger partial charge is 0.444 e. The predicted molar refractivity (Wildman–Crippen MR) is 110 cm³/mol. The molecule has 4 heterocycles. The number of alkyl halides is 3. The van der Waals surface area contributed by atoms with E-state index >= 15 is 0 Å². The summed E-state index contributed by atoms with van der Waals surface area (Å²) in [5, 5.41) is 0. The molecule has 2 atom stereocenters.